The smallest absolute Gasteiger partial charge is 0.120 e. The summed E-state index contributed by atoms with van der Waals surface area (Å²) < 4.78 is 0. The fourth-order valence-corrected chi connectivity index (χ4v) is 1.64. The van der Waals surface area contributed by atoms with Gasteiger partial charge in [-0.25, -0.2) is 0 Å². The van der Waals surface area contributed by atoms with Gasteiger partial charge in [0.2, 0.25) is 0 Å². The highest BCUT2D eigenvalue weighted by Gasteiger charge is 2.09. The Bertz CT molecular complexity index is 104. The van der Waals surface area contributed by atoms with Crippen LogP contribution in [0.2, 0.25) is 0 Å². The van der Waals surface area contributed by atoms with E-state index in [9.17, 15) is 0 Å². The van der Waals surface area contributed by atoms with Gasteiger partial charge in [-0.3, -0.25) is 0 Å². The Morgan fingerprint density at radius 2 is 2.40 bits per heavy atom. The highest BCUT2D eigenvalue weighted by atomic mass is 32.2. The number of unbranched alkanes of at least 4 members (excludes halogenated alkanes) is 2. The van der Waals surface area contributed by atoms with Crippen LogP contribution in [0.15, 0.2) is 11.6 Å². The minimum Gasteiger partial charge on any atom is -0.373 e. The molecule has 0 bridgehead atoms. The monoisotopic (exact) mass is 156 g/mol. The Morgan fingerprint density at radius 1 is 1.50 bits per heavy atom. The number of hydrogen-bond donors (Lipinski definition) is 1. The number of thioether (sulfide) groups is 1. The fourth-order valence-electron chi connectivity index (χ4n) is 0.944. The van der Waals surface area contributed by atoms with Gasteiger partial charge in [0.25, 0.3) is 0 Å². The van der Waals surface area contributed by atoms with Crippen LogP contribution in [-0.2, 0) is 0 Å². The highest BCUT2D eigenvalue weighted by Crippen LogP contribution is 2.27. The summed E-state index contributed by atoms with van der Waals surface area (Å²) in [5.41, 5.74) is 0. The van der Waals surface area contributed by atoms with E-state index in [0.29, 0.717) is 0 Å². The van der Waals surface area contributed by atoms with E-state index in [2.05, 4.69) is 17.6 Å². The first-order valence-electron chi connectivity index (χ1n) is 3.87. The Kier molecular flexibility index (Phi) is 3.73. The maximum Gasteiger partial charge on any atom is 0.120 e. The van der Waals surface area contributed by atoms with Gasteiger partial charge in [0, 0.05) is 6.20 Å². The van der Waals surface area contributed by atoms with Gasteiger partial charge in [0.15, 0.2) is 0 Å². The van der Waals surface area contributed by atoms with E-state index in [1.807, 2.05) is 18.0 Å². The van der Waals surface area contributed by atoms with Crippen molar-refractivity contribution >= 4 is 11.8 Å². The van der Waals surface area contributed by atoms with Crippen LogP contribution in [-0.4, -0.2) is 0 Å². The molecule has 1 nitrogen and oxygen atoms in total. The molecule has 1 rings (SSSR count). The van der Waals surface area contributed by atoms with Gasteiger partial charge >= 0.3 is 0 Å². The summed E-state index contributed by atoms with van der Waals surface area (Å²) in [7, 11) is 0. The van der Waals surface area contributed by atoms with Crippen molar-refractivity contribution in [2.75, 3.05) is 0 Å². The second-order valence-electron chi connectivity index (χ2n) is 2.45. The first kappa shape index (κ1) is 7.99. The lowest BCUT2D eigenvalue weighted by Crippen LogP contribution is -2.05. The molecule has 0 aromatic carbocycles. The van der Waals surface area contributed by atoms with Crippen LogP contribution in [0.4, 0.5) is 0 Å². The van der Waals surface area contributed by atoms with Gasteiger partial charge in [-0.2, -0.15) is 0 Å². The van der Waals surface area contributed by atoms with Gasteiger partial charge in [-0.05, 0) is 11.8 Å². The first-order chi connectivity index (χ1) is 4.93. The van der Waals surface area contributed by atoms with Crippen molar-refractivity contribution in [3.05, 3.63) is 17.0 Å². The lowest BCUT2D eigenvalue weighted by atomic mass is 10.2. The molecule has 57 valence electrons. The molecule has 1 N–H and O–H groups in total. The number of hydrogen-bond acceptors (Lipinski definition) is 2. The third kappa shape index (κ3) is 2.65. The summed E-state index contributed by atoms with van der Waals surface area (Å²) in [6, 6.07) is 0. The summed E-state index contributed by atoms with van der Waals surface area (Å²) in [6.45, 7) is 2.23. The topological polar surface area (TPSA) is 12.0 Å². The van der Waals surface area contributed by atoms with Crippen molar-refractivity contribution in [1.29, 1.82) is 0 Å². The van der Waals surface area contributed by atoms with Crippen LogP contribution in [0.1, 0.15) is 32.6 Å². The van der Waals surface area contributed by atoms with E-state index in [1.54, 1.807) is 0 Å². The maximum atomic E-state index is 3.21. The molecule has 10 heavy (non-hydrogen) atoms. The molecule has 0 spiro atoms. The third-order valence-electron chi connectivity index (χ3n) is 1.53. The van der Waals surface area contributed by atoms with E-state index in [1.165, 1.54) is 31.1 Å². The Hall–Kier alpha value is -0.110. The molecular weight excluding hydrogens is 142 g/mol. The highest BCUT2D eigenvalue weighted by molar-refractivity contribution is 8.05. The van der Waals surface area contributed by atoms with E-state index in [0.717, 1.165) is 0 Å². The molecule has 0 aliphatic carbocycles. The van der Waals surface area contributed by atoms with Crippen molar-refractivity contribution < 1.29 is 0 Å². The number of rotatable bonds is 4. The molecule has 0 fully saturated rings. The average molecular weight is 156 g/mol. The molecule has 1 aliphatic rings. The van der Waals surface area contributed by atoms with Crippen LogP contribution in [0, 0.1) is 5.37 Å². The van der Waals surface area contributed by atoms with Crippen molar-refractivity contribution in [2.24, 2.45) is 0 Å². The van der Waals surface area contributed by atoms with Gasteiger partial charge < -0.3 is 5.32 Å². The zero-order valence-corrected chi connectivity index (χ0v) is 7.21. The third-order valence-corrected chi connectivity index (χ3v) is 2.41. The molecule has 0 atom stereocenters. The van der Waals surface area contributed by atoms with Gasteiger partial charge in [-0.1, -0.05) is 26.2 Å². The SMILES string of the molecule is CCCCC[C]1NC=CS1. The molecule has 1 radical (unpaired) electrons. The number of nitrogens with one attached hydrogen (secondary N) is 1. The Labute approximate surface area is 67.3 Å². The van der Waals surface area contributed by atoms with E-state index in [4.69, 9.17) is 0 Å². The molecule has 0 aromatic rings. The minimum atomic E-state index is 1.23. The predicted octanol–water partition coefficient (Wildman–Crippen LogP) is 2.86. The summed E-state index contributed by atoms with van der Waals surface area (Å²) in [6.07, 6.45) is 7.22. The van der Waals surface area contributed by atoms with E-state index in [-0.39, 0.29) is 0 Å². The summed E-state index contributed by atoms with van der Waals surface area (Å²) >= 11 is 1.82. The molecule has 1 aliphatic heterocycles. The van der Waals surface area contributed by atoms with E-state index >= 15 is 0 Å². The standard InChI is InChI=1S/C8H14NS/c1-2-3-4-5-8-9-6-7-10-8/h6-7,9H,2-5H2,1H3. The Morgan fingerprint density at radius 3 is 3.00 bits per heavy atom. The first-order valence-corrected chi connectivity index (χ1v) is 4.75. The zero-order valence-electron chi connectivity index (χ0n) is 6.39. The van der Waals surface area contributed by atoms with Crippen LogP contribution >= 0.6 is 11.8 Å². The molecule has 0 saturated carbocycles. The van der Waals surface area contributed by atoms with Crippen LogP contribution < -0.4 is 5.32 Å². The maximum absolute atomic E-state index is 3.21. The van der Waals surface area contributed by atoms with Crippen LogP contribution in [0.5, 0.6) is 0 Å². The van der Waals surface area contributed by atoms with E-state index < -0.39 is 0 Å². The molecule has 0 amide bonds. The second-order valence-corrected chi connectivity index (χ2v) is 3.45. The lowest BCUT2D eigenvalue weighted by molar-refractivity contribution is 0.683. The Balaban J connectivity index is 1.93. The molecule has 0 unspecified atom stereocenters. The van der Waals surface area contributed by atoms with Gasteiger partial charge in [0.05, 0.1) is 0 Å². The van der Waals surface area contributed by atoms with Crippen LogP contribution in [0.3, 0.4) is 0 Å². The molecule has 1 heterocycles. The predicted molar refractivity (Wildman–Crippen MR) is 47.3 cm³/mol. The van der Waals surface area contributed by atoms with Crippen molar-refractivity contribution in [3.63, 3.8) is 0 Å². The minimum absolute atomic E-state index is 1.23. The van der Waals surface area contributed by atoms with Gasteiger partial charge in [0.1, 0.15) is 5.37 Å². The van der Waals surface area contributed by atoms with Gasteiger partial charge in [-0.15, -0.1) is 11.8 Å². The molecular formula is C8H14NS. The second kappa shape index (κ2) is 4.67. The van der Waals surface area contributed by atoms with Crippen molar-refractivity contribution in [2.45, 2.75) is 32.6 Å². The largest absolute Gasteiger partial charge is 0.373 e. The summed E-state index contributed by atoms with van der Waals surface area (Å²) in [4.78, 5) is 0. The average Bonchev–Trinajstić information content (AvgIpc) is 2.41. The van der Waals surface area contributed by atoms with Crippen molar-refractivity contribution in [3.8, 4) is 0 Å². The normalized spacial score (nSPS) is 17.7. The zero-order chi connectivity index (χ0) is 7.23. The summed E-state index contributed by atoms with van der Waals surface area (Å²) in [5.74, 6) is 0. The molecule has 0 aromatic heterocycles. The lowest BCUT2D eigenvalue weighted by Gasteiger charge is -2.06. The van der Waals surface area contributed by atoms with Crippen LogP contribution in [0.25, 0.3) is 0 Å². The molecule has 2 heteroatoms. The fraction of sp³-hybridized carbons (Fsp3) is 0.625. The quantitative estimate of drug-likeness (QED) is 0.628. The summed E-state index contributed by atoms with van der Waals surface area (Å²) in [5, 5.41) is 6.72. The van der Waals surface area contributed by atoms with Crippen molar-refractivity contribution in [1.82, 2.24) is 5.32 Å². The molecule has 0 saturated heterocycles.